The summed E-state index contributed by atoms with van der Waals surface area (Å²) in [6.07, 6.45) is -4.63. The molecule has 0 aliphatic carbocycles. The third kappa shape index (κ3) is 3.21. The van der Waals surface area contributed by atoms with Crippen LogP contribution in [-0.2, 0) is 6.18 Å². The molecule has 2 aromatic carbocycles. The van der Waals surface area contributed by atoms with E-state index in [-0.39, 0.29) is 5.56 Å². The van der Waals surface area contributed by atoms with Gasteiger partial charge in [-0.2, -0.15) is 13.2 Å². The topological polar surface area (TPSA) is 46.5 Å². The van der Waals surface area contributed by atoms with Crippen LogP contribution in [0.4, 0.5) is 13.2 Å². The fourth-order valence-electron chi connectivity index (χ4n) is 2.12. The summed E-state index contributed by atoms with van der Waals surface area (Å²) in [5.41, 5.74) is -0.0479. The lowest BCUT2D eigenvalue weighted by atomic mass is 9.97. The fraction of sp³-hybridized carbons (Fsp3) is 0.188. The number of alkyl halides is 3. The monoisotopic (exact) mass is 310 g/mol. The molecule has 0 fully saturated rings. The molecule has 6 heteroatoms. The molecule has 0 amide bonds. The second-order valence-corrected chi connectivity index (χ2v) is 4.81. The number of methoxy groups -OCH3 is 1. The molecule has 0 spiro atoms. The van der Waals surface area contributed by atoms with E-state index in [1.807, 2.05) is 0 Å². The Morgan fingerprint density at radius 2 is 1.82 bits per heavy atom. The number of carbonyl (C=O) groups is 1. The van der Waals surface area contributed by atoms with Gasteiger partial charge in [0.1, 0.15) is 5.75 Å². The second-order valence-electron chi connectivity index (χ2n) is 4.81. The molecule has 0 atom stereocenters. The molecule has 2 rings (SSSR count). The molecule has 0 saturated carbocycles. The molecule has 0 saturated heterocycles. The lowest BCUT2D eigenvalue weighted by Crippen LogP contribution is -2.08. The van der Waals surface area contributed by atoms with E-state index in [0.717, 1.165) is 11.6 Å². The number of hydrogen-bond acceptors (Lipinski definition) is 2. The predicted octanol–water partition coefficient (Wildman–Crippen LogP) is 4.39. The lowest BCUT2D eigenvalue weighted by molar-refractivity contribution is -0.137. The minimum Gasteiger partial charge on any atom is -0.496 e. The average molecular weight is 310 g/mol. The second kappa shape index (κ2) is 5.71. The Morgan fingerprint density at radius 3 is 2.36 bits per heavy atom. The number of halogens is 3. The van der Waals surface area contributed by atoms with Crippen LogP contribution in [-0.4, -0.2) is 18.2 Å². The molecular formula is C16H13F3O3. The summed E-state index contributed by atoms with van der Waals surface area (Å²) in [5, 5.41) is 9.03. The fourth-order valence-corrected chi connectivity index (χ4v) is 2.12. The van der Waals surface area contributed by atoms with Gasteiger partial charge in [-0.3, -0.25) is 0 Å². The van der Waals surface area contributed by atoms with Crippen LogP contribution in [0.5, 0.6) is 5.75 Å². The Hall–Kier alpha value is -2.50. The van der Waals surface area contributed by atoms with Gasteiger partial charge in [-0.05, 0) is 42.8 Å². The standard InChI is InChI=1S/C16H13F3O3/c1-9-3-4-14(22-2)13(5-9)10-6-11(15(20)21)8-12(7-10)16(17,18)19/h3-8H,1-2H3,(H,20,21). The van der Waals surface area contributed by atoms with Gasteiger partial charge in [0, 0.05) is 5.56 Å². The quantitative estimate of drug-likeness (QED) is 0.914. The van der Waals surface area contributed by atoms with Crippen LogP contribution >= 0.6 is 0 Å². The van der Waals surface area contributed by atoms with E-state index in [1.165, 1.54) is 13.2 Å². The van der Waals surface area contributed by atoms with Crippen molar-refractivity contribution in [3.8, 4) is 16.9 Å². The summed E-state index contributed by atoms with van der Waals surface area (Å²) in [4.78, 5) is 11.1. The van der Waals surface area contributed by atoms with Crippen LogP contribution < -0.4 is 4.74 Å². The third-order valence-corrected chi connectivity index (χ3v) is 3.17. The number of aryl methyl sites for hydroxylation is 1. The van der Waals surface area contributed by atoms with E-state index in [1.54, 1.807) is 25.1 Å². The minimum absolute atomic E-state index is 0.146. The van der Waals surface area contributed by atoms with E-state index < -0.39 is 23.3 Å². The normalized spacial score (nSPS) is 11.3. The Kier molecular flexibility index (Phi) is 4.12. The van der Waals surface area contributed by atoms with Crippen LogP contribution in [0.3, 0.4) is 0 Å². The van der Waals surface area contributed by atoms with Gasteiger partial charge in [0.25, 0.3) is 0 Å². The van der Waals surface area contributed by atoms with Crippen molar-refractivity contribution >= 4 is 5.97 Å². The van der Waals surface area contributed by atoms with Crippen molar-refractivity contribution in [1.82, 2.24) is 0 Å². The van der Waals surface area contributed by atoms with E-state index in [0.29, 0.717) is 17.4 Å². The van der Waals surface area contributed by atoms with Crippen LogP contribution in [0.2, 0.25) is 0 Å². The van der Waals surface area contributed by atoms with Crippen molar-refractivity contribution in [2.24, 2.45) is 0 Å². The van der Waals surface area contributed by atoms with Crippen molar-refractivity contribution in [3.05, 3.63) is 53.1 Å². The molecule has 3 nitrogen and oxygen atoms in total. The van der Waals surface area contributed by atoms with Gasteiger partial charge in [0.05, 0.1) is 18.2 Å². The zero-order valence-electron chi connectivity index (χ0n) is 11.9. The van der Waals surface area contributed by atoms with Gasteiger partial charge in [0.15, 0.2) is 0 Å². The van der Waals surface area contributed by atoms with E-state index in [9.17, 15) is 18.0 Å². The number of aromatic carboxylic acids is 1. The van der Waals surface area contributed by atoms with Gasteiger partial charge >= 0.3 is 12.1 Å². The van der Waals surface area contributed by atoms with Gasteiger partial charge in [0.2, 0.25) is 0 Å². The maximum Gasteiger partial charge on any atom is 0.416 e. The Morgan fingerprint density at radius 1 is 1.14 bits per heavy atom. The van der Waals surface area contributed by atoms with Gasteiger partial charge in [-0.15, -0.1) is 0 Å². The summed E-state index contributed by atoms with van der Waals surface area (Å²) in [5.74, 6) is -1.04. The molecule has 22 heavy (non-hydrogen) atoms. The first-order chi connectivity index (χ1) is 10.2. The largest absolute Gasteiger partial charge is 0.496 e. The first kappa shape index (κ1) is 15.9. The van der Waals surface area contributed by atoms with E-state index >= 15 is 0 Å². The zero-order chi connectivity index (χ0) is 16.5. The first-order valence-electron chi connectivity index (χ1n) is 6.33. The maximum atomic E-state index is 13.0. The number of carboxylic acid groups (broad SMARTS) is 1. The molecule has 0 bridgehead atoms. The molecule has 0 aliphatic rings. The molecule has 0 radical (unpaired) electrons. The summed E-state index contributed by atoms with van der Waals surface area (Å²) in [6, 6.07) is 7.78. The number of hydrogen-bond donors (Lipinski definition) is 1. The van der Waals surface area contributed by atoms with E-state index in [4.69, 9.17) is 9.84 Å². The average Bonchev–Trinajstić information content (AvgIpc) is 2.45. The maximum absolute atomic E-state index is 13.0. The van der Waals surface area contributed by atoms with Gasteiger partial charge < -0.3 is 9.84 Å². The molecule has 0 aliphatic heterocycles. The van der Waals surface area contributed by atoms with Crippen LogP contribution in [0.1, 0.15) is 21.5 Å². The van der Waals surface area contributed by atoms with Gasteiger partial charge in [-0.25, -0.2) is 4.79 Å². The minimum atomic E-state index is -4.63. The third-order valence-electron chi connectivity index (χ3n) is 3.17. The van der Waals surface area contributed by atoms with Crippen molar-refractivity contribution in [2.45, 2.75) is 13.1 Å². The summed E-state index contributed by atoms with van der Waals surface area (Å²) >= 11 is 0. The van der Waals surface area contributed by atoms with Crippen molar-refractivity contribution < 1.29 is 27.8 Å². The van der Waals surface area contributed by atoms with Crippen molar-refractivity contribution in [2.75, 3.05) is 7.11 Å². The molecule has 2 aromatic rings. The number of carboxylic acids is 1. The SMILES string of the molecule is COc1ccc(C)cc1-c1cc(C(=O)O)cc(C(F)(F)F)c1. The molecule has 0 aromatic heterocycles. The predicted molar refractivity (Wildman–Crippen MR) is 75.1 cm³/mol. The number of rotatable bonds is 3. The lowest BCUT2D eigenvalue weighted by Gasteiger charge is -2.14. The molecular weight excluding hydrogens is 297 g/mol. The van der Waals surface area contributed by atoms with Crippen molar-refractivity contribution in [1.29, 1.82) is 0 Å². The Labute approximate surface area is 125 Å². The summed E-state index contributed by atoms with van der Waals surface area (Å²) < 4.78 is 44.0. The Balaban J connectivity index is 2.72. The summed E-state index contributed by atoms with van der Waals surface area (Å²) in [7, 11) is 1.40. The van der Waals surface area contributed by atoms with Crippen molar-refractivity contribution in [3.63, 3.8) is 0 Å². The number of ether oxygens (including phenoxy) is 1. The highest BCUT2D eigenvalue weighted by atomic mass is 19.4. The molecule has 0 heterocycles. The smallest absolute Gasteiger partial charge is 0.416 e. The zero-order valence-corrected chi connectivity index (χ0v) is 11.9. The highest BCUT2D eigenvalue weighted by molar-refractivity contribution is 5.90. The molecule has 0 unspecified atom stereocenters. The molecule has 1 N–H and O–H groups in total. The van der Waals surface area contributed by atoms with Crippen LogP contribution in [0.15, 0.2) is 36.4 Å². The number of benzene rings is 2. The highest BCUT2D eigenvalue weighted by Gasteiger charge is 2.32. The molecule has 116 valence electrons. The first-order valence-corrected chi connectivity index (χ1v) is 6.33. The van der Waals surface area contributed by atoms with E-state index in [2.05, 4.69) is 0 Å². The highest BCUT2D eigenvalue weighted by Crippen LogP contribution is 2.36. The summed E-state index contributed by atoms with van der Waals surface area (Å²) in [6.45, 7) is 1.79. The van der Waals surface area contributed by atoms with Gasteiger partial charge in [-0.1, -0.05) is 11.6 Å². The Bertz CT molecular complexity index is 721. The van der Waals surface area contributed by atoms with Crippen LogP contribution in [0.25, 0.3) is 11.1 Å². The van der Waals surface area contributed by atoms with Crippen LogP contribution in [0, 0.1) is 6.92 Å².